The second kappa shape index (κ2) is 9.49. The summed E-state index contributed by atoms with van der Waals surface area (Å²) >= 11 is 0. The second-order valence-corrected chi connectivity index (χ2v) is 8.43. The standard InChI is InChI=1S/C24H30FN3O/c25-20-12-10-18(11-13-20)17-28-15-4-2-8-21(28)16-23(22-9-1-3-14-26-22)27-24(29)19-6-5-7-19/h1,3,9-14,19,21,23H,2,4-8,15-17H2,(H,27,29)/t21-,23+/m1/s1. The van der Waals surface area contributed by atoms with Crippen molar-refractivity contribution in [2.45, 2.75) is 63.6 Å². The molecule has 2 fully saturated rings. The van der Waals surface area contributed by atoms with Crippen LogP contribution in [0.1, 0.15) is 62.2 Å². The Hall–Kier alpha value is -2.27. The normalized spacial score (nSPS) is 21.3. The van der Waals surface area contributed by atoms with Crippen LogP contribution in [0.5, 0.6) is 0 Å². The fourth-order valence-electron chi connectivity index (χ4n) is 4.43. The lowest BCUT2D eigenvalue weighted by atomic mass is 9.84. The molecule has 154 valence electrons. The Morgan fingerprint density at radius 3 is 2.62 bits per heavy atom. The van der Waals surface area contributed by atoms with E-state index in [1.54, 1.807) is 6.20 Å². The predicted molar refractivity (Wildman–Crippen MR) is 112 cm³/mol. The molecule has 0 unspecified atom stereocenters. The predicted octanol–water partition coefficient (Wildman–Crippen LogP) is 4.62. The third kappa shape index (κ3) is 5.21. The number of hydrogen-bond acceptors (Lipinski definition) is 3. The smallest absolute Gasteiger partial charge is 0.223 e. The van der Waals surface area contributed by atoms with Gasteiger partial charge in [0.25, 0.3) is 0 Å². The molecule has 4 rings (SSSR count). The Balaban J connectivity index is 1.47. The summed E-state index contributed by atoms with van der Waals surface area (Å²) in [6.07, 6.45) is 9.31. The van der Waals surface area contributed by atoms with E-state index in [1.165, 1.54) is 25.0 Å². The van der Waals surface area contributed by atoms with E-state index >= 15 is 0 Å². The number of carbonyl (C=O) groups excluding carboxylic acids is 1. The Kier molecular flexibility index (Phi) is 6.55. The van der Waals surface area contributed by atoms with Crippen LogP contribution in [0.3, 0.4) is 0 Å². The lowest BCUT2D eigenvalue weighted by molar-refractivity contribution is -0.128. The number of hydrogen-bond donors (Lipinski definition) is 1. The van der Waals surface area contributed by atoms with Crippen LogP contribution in [0, 0.1) is 11.7 Å². The molecular formula is C24H30FN3O. The molecule has 5 heteroatoms. The molecule has 2 heterocycles. The highest BCUT2D eigenvalue weighted by Crippen LogP contribution is 2.30. The Labute approximate surface area is 172 Å². The van der Waals surface area contributed by atoms with E-state index in [9.17, 15) is 9.18 Å². The number of pyridine rings is 1. The topological polar surface area (TPSA) is 45.2 Å². The number of carbonyl (C=O) groups is 1. The van der Waals surface area contributed by atoms with Gasteiger partial charge in [-0.2, -0.15) is 0 Å². The van der Waals surface area contributed by atoms with E-state index in [4.69, 9.17) is 0 Å². The monoisotopic (exact) mass is 395 g/mol. The Bertz CT molecular complexity index is 792. The maximum Gasteiger partial charge on any atom is 0.223 e. The average molecular weight is 396 g/mol. The summed E-state index contributed by atoms with van der Waals surface area (Å²) in [5.74, 6) is 0.147. The van der Waals surface area contributed by atoms with E-state index in [-0.39, 0.29) is 23.7 Å². The summed E-state index contributed by atoms with van der Waals surface area (Å²) in [6.45, 7) is 1.85. The van der Waals surface area contributed by atoms with E-state index in [2.05, 4.69) is 15.2 Å². The molecule has 0 bridgehead atoms. The van der Waals surface area contributed by atoms with Crippen LogP contribution < -0.4 is 5.32 Å². The van der Waals surface area contributed by atoms with Gasteiger partial charge in [0.05, 0.1) is 11.7 Å². The van der Waals surface area contributed by atoms with Gasteiger partial charge in [-0.3, -0.25) is 14.7 Å². The molecule has 1 aromatic heterocycles. The minimum absolute atomic E-state index is 0.0666. The zero-order valence-electron chi connectivity index (χ0n) is 16.9. The summed E-state index contributed by atoms with van der Waals surface area (Å²) in [7, 11) is 0. The van der Waals surface area contributed by atoms with Crippen LogP contribution in [-0.4, -0.2) is 28.4 Å². The summed E-state index contributed by atoms with van der Waals surface area (Å²) in [6, 6.07) is 13.0. The molecule has 2 aliphatic rings. The minimum Gasteiger partial charge on any atom is -0.347 e. The summed E-state index contributed by atoms with van der Waals surface area (Å²) < 4.78 is 13.3. The van der Waals surface area contributed by atoms with E-state index < -0.39 is 0 Å². The molecular weight excluding hydrogens is 365 g/mol. The molecule has 1 aromatic carbocycles. The van der Waals surface area contributed by atoms with E-state index in [0.717, 1.165) is 56.5 Å². The van der Waals surface area contributed by atoms with Crippen molar-refractivity contribution in [2.75, 3.05) is 6.54 Å². The largest absolute Gasteiger partial charge is 0.347 e. The number of rotatable bonds is 7. The Morgan fingerprint density at radius 2 is 1.93 bits per heavy atom. The molecule has 1 amide bonds. The van der Waals surface area contributed by atoms with Crippen molar-refractivity contribution >= 4 is 5.91 Å². The van der Waals surface area contributed by atoms with Crippen molar-refractivity contribution < 1.29 is 9.18 Å². The third-order valence-electron chi connectivity index (χ3n) is 6.39. The molecule has 1 saturated heterocycles. The first-order chi connectivity index (χ1) is 14.2. The SMILES string of the molecule is O=C(N[C@@H](C[C@H]1CCCCN1Cc1ccc(F)cc1)c1ccccn1)C1CCC1. The number of amides is 1. The number of aromatic nitrogens is 1. The number of benzene rings is 1. The average Bonchev–Trinajstić information content (AvgIpc) is 2.70. The Morgan fingerprint density at radius 1 is 1.10 bits per heavy atom. The van der Waals surface area contributed by atoms with Gasteiger partial charge in [-0.1, -0.05) is 31.0 Å². The van der Waals surface area contributed by atoms with Gasteiger partial charge in [-0.25, -0.2) is 4.39 Å². The highest BCUT2D eigenvalue weighted by Gasteiger charge is 2.31. The van der Waals surface area contributed by atoms with Crippen LogP contribution in [0.25, 0.3) is 0 Å². The fraction of sp³-hybridized carbons (Fsp3) is 0.500. The van der Waals surface area contributed by atoms with Gasteiger partial charge in [0, 0.05) is 24.7 Å². The number of nitrogens with zero attached hydrogens (tertiary/aromatic N) is 2. The second-order valence-electron chi connectivity index (χ2n) is 8.43. The van der Waals surface area contributed by atoms with Crippen LogP contribution in [0.4, 0.5) is 4.39 Å². The molecule has 4 nitrogen and oxygen atoms in total. The molecule has 1 aliphatic heterocycles. The zero-order valence-corrected chi connectivity index (χ0v) is 16.9. The van der Waals surface area contributed by atoms with Gasteiger partial charge in [0.1, 0.15) is 5.82 Å². The van der Waals surface area contributed by atoms with Crippen molar-refractivity contribution in [3.05, 3.63) is 65.7 Å². The first kappa shape index (κ1) is 20.0. The van der Waals surface area contributed by atoms with Crippen molar-refractivity contribution in [1.82, 2.24) is 15.2 Å². The third-order valence-corrected chi connectivity index (χ3v) is 6.39. The van der Waals surface area contributed by atoms with Crippen molar-refractivity contribution in [3.8, 4) is 0 Å². The molecule has 2 aromatic rings. The van der Waals surface area contributed by atoms with Crippen LogP contribution in [0.2, 0.25) is 0 Å². The molecule has 29 heavy (non-hydrogen) atoms. The minimum atomic E-state index is -0.196. The number of piperidine rings is 1. The highest BCUT2D eigenvalue weighted by atomic mass is 19.1. The highest BCUT2D eigenvalue weighted by molar-refractivity contribution is 5.79. The van der Waals surface area contributed by atoms with Gasteiger partial charge < -0.3 is 5.32 Å². The van der Waals surface area contributed by atoms with E-state index in [1.807, 2.05) is 30.3 Å². The van der Waals surface area contributed by atoms with Crippen molar-refractivity contribution in [2.24, 2.45) is 5.92 Å². The summed E-state index contributed by atoms with van der Waals surface area (Å²) in [4.78, 5) is 19.7. The van der Waals surface area contributed by atoms with Gasteiger partial charge in [-0.05, 0) is 68.5 Å². The van der Waals surface area contributed by atoms with Crippen LogP contribution >= 0.6 is 0 Å². The number of nitrogens with one attached hydrogen (secondary N) is 1. The molecule has 1 aliphatic carbocycles. The van der Waals surface area contributed by atoms with Gasteiger partial charge in [-0.15, -0.1) is 0 Å². The first-order valence-electron chi connectivity index (χ1n) is 10.9. The summed E-state index contributed by atoms with van der Waals surface area (Å²) in [5.41, 5.74) is 2.07. The molecule has 0 spiro atoms. The van der Waals surface area contributed by atoms with Crippen LogP contribution in [0.15, 0.2) is 48.7 Å². The first-order valence-corrected chi connectivity index (χ1v) is 10.9. The van der Waals surface area contributed by atoms with Crippen LogP contribution in [-0.2, 0) is 11.3 Å². The summed E-state index contributed by atoms with van der Waals surface area (Å²) in [5, 5.41) is 3.30. The molecule has 1 N–H and O–H groups in total. The molecule has 1 saturated carbocycles. The fourth-order valence-corrected chi connectivity index (χ4v) is 4.43. The maximum absolute atomic E-state index is 13.3. The van der Waals surface area contributed by atoms with E-state index in [0.29, 0.717) is 6.04 Å². The number of halogens is 1. The van der Waals surface area contributed by atoms with Crippen molar-refractivity contribution in [1.29, 1.82) is 0 Å². The molecule has 0 radical (unpaired) electrons. The van der Waals surface area contributed by atoms with Crippen molar-refractivity contribution in [3.63, 3.8) is 0 Å². The lowest BCUT2D eigenvalue weighted by Gasteiger charge is -2.38. The quantitative estimate of drug-likeness (QED) is 0.744. The molecule has 2 atom stereocenters. The zero-order chi connectivity index (χ0) is 20.1. The van der Waals surface area contributed by atoms with Gasteiger partial charge in [0.2, 0.25) is 5.91 Å². The van der Waals surface area contributed by atoms with Gasteiger partial charge >= 0.3 is 0 Å². The maximum atomic E-state index is 13.3. The van der Waals surface area contributed by atoms with Gasteiger partial charge in [0.15, 0.2) is 0 Å². The number of likely N-dealkylation sites (tertiary alicyclic amines) is 1. The lowest BCUT2D eigenvalue weighted by Crippen LogP contribution is -2.44.